The van der Waals surface area contributed by atoms with Crippen LogP contribution in [0.2, 0.25) is 0 Å². The highest BCUT2D eigenvalue weighted by molar-refractivity contribution is 7.15. The molecule has 0 N–H and O–H groups in total. The number of carbonyl (C=O) groups excluding carboxylic acids is 1. The van der Waals surface area contributed by atoms with Crippen molar-refractivity contribution in [2.75, 3.05) is 7.11 Å². The number of halogens is 1. The molecule has 4 aromatic rings. The molecule has 7 nitrogen and oxygen atoms in total. The van der Waals surface area contributed by atoms with Gasteiger partial charge in [-0.25, -0.2) is 9.18 Å². The van der Waals surface area contributed by atoms with Crippen LogP contribution in [0.3, 0.4) is 0 Å². The molecule has 0 fully saturated rings. The normalized spacial score (nSPS) is 11.7. The maximum Gasteiger partial charge on any atom is 0.337 e. The summed E-state index contributed by atoms with van der Waals surface area (Å²) in [5.74, 6) is -0.829. The van der Waals surface area contributed by atoms with Crippen LogP contribution in [0.1, 0.15) is 27.2 Å². The first-order chi connectivity index (χ1) is 14.4. The number of methoxy groups -OCH3 is 1. The lowest BCUT2D eigenvalue weighted by Crippen LogP contribution is -2.28. The Bertz CT molecular complexity index is 1410. The van der Waals surface area contributed by atoms with Crippen LogP contribution < -0.4 is 15.7 Å². The van der Waals surface area contributed by atoms with Crippen LogP contribution in [0.4, 0.5) is 4.39 Å². The molecule has 0 aliphatic carbocycles. The van der Waals surface area contributed by atoms with Crippen LogP contribution in [0.25, 0.3) is 11.0 Å². The summed E-state index contributed by atoms with van der Waals surface area (Å²) in [5.41, 5.74) is 0.939. The fraction of sp³-hybridized carbons (Fsp3) is 0.0952. The maximum absolute atomic E-state index is 13.1. The number of benzene rings is 2. The summed E-state index contributed by atoms with van der Waals surface area (Å²) in [7, 11) is 1.30. The molecule has 0 bridgehead atoms. The summed E-state index contributed by atoms with van der Waals surface area (Å²) in [4.78, 5) is 40.7. The summed E-state index contributed by atoms with van der Waals surface area (Å²) >= 11 is 1.04. The summed E-state index contributed by atoms with van der Waals surface area (Å²) < 4.78 is 19.2. The van der Waals surface area contributed by atoms with Crippen LogP contribution in [0.5, 0.6) is 0 Å². The molecule has 2 aromatic carbocycles. The van der Waals surface area contributed by atoms with E-state index in [0.29, 0.717) is 21.2 Å². The largest absolute Gasteiger partial charge is 0.465 e. The van der Waals surface area contributed by atoms with Crippen molar-refractivity contribution in [3.63, 3.8) is 0 Å². The van der Waals surface area contributed by atoms with Crippen molar-refractivity contribution < 1.29 is 13.9 Å². The molecule has 30 heavy (non-hydrogen) atoms. The van der Waals surface area contributed by atoms with E-state index in [1.807, 2.05) is 0 Å². The first-order valence-corrected chi connectivity index (χ1v) is 9.63. The first-order valence-electron chi connectivity index (χ1n) is 8.82. The van der Waals surface area contributed by atoms with Crippen molar-refractivity contribution in [3.05, 3.63) is 102 Å². The molecule has 0 atom stereocenters. The fourth-order valence-corrected chi connectivity index (χ4v) is 3.74. The number of hydrogen-bond donors (Lipinski definition) is 0. The second-order valence-corrected chi connectivity index (χ2v) is 7.40. The molecule has 0 aliphatic rings. The monoisotopic (exact) mass is 423 g/mol. The van der Waals surface area contributed by atoms with Crippen LogP contribution in [0, 0.1) is 5.82 Å². The average Bonchev–Trinajstić information content (AvgIpc) is 3.04. The van der Waals surface area contributed by atoms with Crippen molar-refractivity contribution in [1.29, 1.82) is 0 Å². The van der Waals surface area contributed by atoms with Crippen molar-refractivity contribution in [2.24, 2.45) is 0 Å². The van der Waals surface area contributed by atoms with Crippen LogP contribution in [0.15, 0.2) is 58.1 Å². The Kier molecular flexibility index (Phi) is 5.20. The fourth-order valence-electron chi connectivity index (χ4n) is 2.83. The lowest BCUT2D eigenvalue weighted by Gasteiger charge is -2.00. The Balaban J connectivity index is 1.72. The minimum atomic E-state index is -0.533. The minimum absolute atomic E-state index is 0.1000. The van der Waals surface area contributed by atoms with E-state index < -0.39 is 17.1 Å². The molecule has 0 unspecified atom stereocenters. The van der Waals surface area contributed by atoms with E-state index in [-0.39, 0.29) is 22.9 Å². The van der Waals surface area contributed by atoms with Gasteiger partial charge in [-0.15, -0.1) is 0 Å². The number of nitrogens with zero attached hydrogens (tertiary/aromatic N) is 3. The van der Waals surface area contributed by atoms with Gasteiger partial charge in [-0.05, 0) is 41.5 Å². The van der Waals surface area contributed by atoms with Gasteiger partial charge in [-0.2, -0.15) is 14.6 Å². The summed E-state index contributed by atoms with van der Waals surface area (Å²) in [5, 5.41) is 4.17. The maximum atomic E-state index is 13.1. The second kappa shape index (κ2) is 7.96. The lowest BCUT2D eigenvalue weighted by molar-refractivity contribution is 0.0600. The van der Waals surface area contributed by atoms with Crippen molar-refractivity contribution in [3.8, 4) is 0 Å². The highest BCUT2D eigenvalue weighted by Gasteiger charge is 2.12. The summed E-state index contributed by atoms with van der Waals surface area (Å²) in [6, 6.07) is 12.2. The molecule has 0 aliphatic heterocycles. The van der Waals surface area contributed by atoms with Gasteiger partial charge in [0.05, 0.1) is 17.2 Å². The SMILES string of the molecule is COC(=O)c1ccc(/C=c2/sc3nc(=O)c(Cc4ccc(F)cc4)nn3c2=O)cc1. The van der Waals surface area contributed by atoms with E-state index >= 15 is 0 Å². The van der Waals surface area contributed by atoms with E-state index in [4.69, 9.17) is 0 Å². The van der Waals surface area contributed by atoms with Gasteiger partial charge in [0.1, 0.15) is 11.5 Å². The number of aromatic nitrogens is 3. The van der Waals surface area contributed by atoms with Crippen LogP contribution in [-0.4, -0.2) is 27.7 Å². The third kappa shape index (κ3) is 3.87. The predicted molar refractivity (Wildman–Crippen MR) is 109 cm³/mol. The minimum Gasteiger partial charge on any atom is -0.465 e. The zero-order chi connectivity index (χ0) is 21.3. The molecule has 0 saturated carbocycles. The van der Waals surface area contributed by atoms with Gasteiger partial charge in [0.25, 0.3) is 11.1 Å². The molecule has 4 rings (SSSR count). The molecule has 150 valence electrons. The molecule has 2 aromatic heterocycles. The van der Waals surface area contributed by atoms with Gasteiger partial charge < -0.3 is 4.74 Å². The van der Waals surface area contributed by atoms with E-state index in [1.54, 1.807) is 42.5 Å². The number of fused-ring (bicyclic) bond motifs is 1. The van der Waals surface area contributed by atoms with Gasteiger partial charge in [0, 0.05) is 6.42 Å². The van der Waals surface area contributed by atoms with E-state index in [0.717, 1.165) is 15.9 Å². The Morgan fingerprint density at radius 3 is 2.50 bits per heavy atom. The molecular weight excluding hydrogens is 409 g/mol. The lowest BCUT2D eigenvalue weighted by atomic mass is 10.1. The van der Waals surface area contributed by atoms with Crippen LogP contribution in [-0.2, 0) is 11.2 Å². The number of thiazole rings is 1. The summed E-state index contributed by atoms with van der Waals surface area (Å²) in [6.07, 6.45) is 1.77. The topological polar surface area (TPSA) is 90.6 Å². The molecule has 0 spiro atoms. The predicted octanol–water partition coefficient (Wildman–Crippen LogP) is 1.58. The van der Waals surface area contributed by atoms with E-state index in [2.05, 4.69) is 14.8 Å². The number of rotatable bonds is 4. The first kappa shape index (κ1) is 19.6. The third-order valence-corrected chi connectivity index (χ3v) is 5.32. The van der Waals surface area contributed by atoms with Gasteiger partial charge in [-0.1, -0.05) is 35.6 Å². The van der Waals surface area contributed by atoms with E-state index in [1.165, 1.54) is 19.2 Å². The second-order valence-electron chi connectivity index (χ2n) is 6.39. The van der Waals surface area contributed by atoms with Crippen molar-refractivity contribution in [2.45, 2.75) is 6.42 Å². The zero-order valence-corrected chi connectivity index (χ0v) is 16.5. The molecule has 0 radical (unpaired) electrons. The highest BCUT2D eigenvalue weighted by Crippen LogP contribution is 2.08. The zero-order valence-electron chi connectivity index (χ0n) is 15.7. The number of hydrogen-bond acceptors (Lipinski definition) is 7. The number of carbonyl (C=O) groups is 1. The third-order valence-electron chi connectivity index (χ3n) is 4.36. The molecule has 9 heteroatoms. The Hall–Kier alpha value is -3.72. The van der Waals surface area contributed by atoms with Gasteiger partial charge >= 0.3 is 5.97 Å². The standard InChI is InChI=1S/C21H14FN3O4S/c1-29-20(28)14-6-2-13(3-7-14)11-17-19(27)25-21(30-17)23-18(26)16(24-25)10-12-4-8-15(22)9-5-12/h2-9,11H,10H2,1H3/b17-11+. The Labute approximate surface area is 172 Å². The number of ether oxygens (including phenoxy) is 1. The van der Waals surface area contributed by atoms with Gasteiger partial charge in [0.15, 0.2) is 0 Å². The Morgan fingerprint density at radius 2 is 1.83 bits per heavy atom. The Morgan fingerprint density at radius 1 is 1.13 bits per heavy atom. The quantitative estimate of drug-likeness (QED) is 0.463. The van der Waals surface area contributed by atoms with Crippen molar-refractivity contribution in [1.82, 2.24) is 14.6 Å². The average molecular weight is 423 g/mol. The number of esters is 1. The van der Waals surface area contributed by atoms with Crippen LogP contribution >= 0.6 is 11.3 Å². The molecule has 2 heterocycles. The molecule has 0 amide bonds. The molecular formula is C21H14FN3O4S. The van der Waals surface area contributed by atoms with Gasteiger partial charge in [0.2, 0.25) is 4.96 Å². The smallest absolute Gasteiger partial charge is 0.337 e. The van der Waals surface area contributed by atoms with Crippen molar-refractivity contribution >= 4 is 28.3 Å². The summed E-state index contributed by atoms with van der Waals surface area (Å²) in [6.45, 7) is 0. The molecule has 0 saturated heterocycles. The van der Waals surface area contributed by atoms with Gasteiger partial charge in [-0.3, -0.25) is 9.59 Å². The van der Waals surface area contributed by atoms with E-state index in [9.17, 15) is 18.8 Å². The highest BCUT2D eigenvalue weighted by atomic mass is 32.1.